The summed E-state index contributed by atoms with van der Waals surface area (Å²) in [4.78, 5) is 9.01. The molecule has 0 bridgehead atoms. The number of fused-ring (bicyclic) bond motifs is 1. The van der Waals surface area contributed by atoms with Crippen molar-refractivity contribution < 1.29 is 4.42 Å². The summed E-state index contributed by atoms with van der Waals surface area (Å²) < 4.78 is 6.00. The van der Waals surface area contributed by atoms with E-state index in [-0.39, 0.29) is 0 Å². The molecule has 1 unspecified atom stereocenters. The largest absolute Gasteiger partial charge is 0.440 e. The molecule has 122 valence electrons. The van der Waals surface area contributed by atoms with Crippen LogP contribution in [0.4, 0.5) is 0 Å². The van der Waals surface area contributed by atoms with Crippen LogP contribution < -0.4 is 0 Å². The maximum atomic E-state index is 6.46. The van der Waals surface area contributed by atoms with Crippen molar-refractivity contribution in [2.45, 2.75) is 38.5 Å². The highest BCUT2D eigenvalue weighted by Crippen LogP contribution is 2.36. The Morgan fingerprint density at radius 1 is 1.12 bits per heavy atom. The van der Waals surface area contributed by atoms with Gasteiger partial charge in [0, 0.05) is 17.6 Å². The van der Waals surface area contributed by atoms with Gasteiger partial charge in [0.05, 0.1) is 5.69 Å². The van der Waals surface area contributed by atoms with Crippen LogP contribution in [0.3, 0.4) is 0 Å². The van der Waals surface area contributed by atoms with E-state index in [1.807, 2.05) is 18.2 Å². The Morgan fingerprint density at radius 2 is 2.00 bits per heavy atom. The van der Waals surface area contributed by atoms with Crippen molar-refractivity contribution in [3.63, 3.8) is 0 Å². The molecule has 0 fully saturated rings. The molecular formula is C20H19ClN2O. The Morgan fingerprint density at radius 3 is 2.79 bits per heavy atom. The van der Waals surface area contributed by atoms with E-state index in [9.17, 15) is 0 Å². The molecule has 4 rings (SSSR count). The van der Waals surface area contributed by atoms with Gasteiger partial charge in [-0.05, 0) is 61.4 Å². The number of halogens is 1. The Balaban J connectivity index is 1.56. The second kappa shape index (κ2) is 6.40. The van der Waals surface area contributed by atoms with Crippen LogP contribution >= 0.6 is 11.6 Å². The van der Waals surface area contributed by atoms with Gasteiger partial charge in [0.2, 0.25) is 5.89 Å². The van der Waals surface area contributed by atoms with Crippen molar-refractivity contribution in [1.29, 1.82) is 0 Å². The lowest BCUT2D eigenvalue weighted by Crippen LogP contribution is -2.01. The Bertz CT molecular complexity index is 832. The average molecular weight is 339 g/mol. The number of aryl methyl sites for hydroxylation is 3. The molecule has 0 amide bonds. The van der Waals surface area contributed by atoms with Gasteiger partial charge in [0.15, 0.2) is 0 Å². The molecule has 2 heterocycles. The van der Waals surface area contributed by atoms with Crippen LogP contribution in [-0.4, -0.2) is 9.97 Å². The van der Waals surface area contributed by atoms with Crippen LogP contribution in [0.25, 0.3) is 11.6 Å². The first-order valence-corrected chi connectivity index (χ1v) is 8.74. The van der Waals surface area contributed by atoms with Crippen molar-refractivity contribution in [3.05, 3.63) is 70.2 Å². The molecule has 1 aliphatic rings. The van der Waals surface area contributed by atoms with Crippen LogP contribution in [0.1, 0.15) is 41.3 Å². The quantitative estimate of drug-likeness (QED) is 0.590. The van der Waals surface area contributed by atoms with Gasteiger partial charge in [0.1, 0.15) is 11.5 Å². The number of hydrogen-bond acceptors (Lipinski definition) is 3. The molecule has 1 atom stereocenters. The van der Waals surface area contributed by atoms with E-state index in [4.69, 9.17) is 16.0 Å². The van der Waals surface area contributed by atoms with Crippen LogP contribution in [0, 0.1) is 6.92 Å². The minimum absolute atomic E-state index is 0.459. The molecule has 24 heavy (non-hydrogen) atoms. The fourth-order valence-electron chi connectivity index (χ4n) is 3.41. The Hall–Kier alpha value is -2.13. The number of nitrogens with zero attached hydrogens (tertiary/aromatic N) is 2. The molecular weight excluding hydrogens is 320 g/mol. The Labute approximate surface area is 146 Å². The molecule has 0 radical (unpaired) electrons. The third-order valence-corrected chi connectivity index (χ3v) is 5.03. The lowest BCUT2D eigenvalue weighted by Gasteiger charge is -2.16. The number of pyridine rings is 1. The molecule has 2 aromatic heterocycles. The Kier molecular flexibility index (Phi) is 4.11. The summed E-state index contributed by atoms with van der Waals surface area (Å²) in [5.41, 5.74) is 4.31. The molecule has 4 heteroatoms. The second-order valence-corrected chi connectivity index (χ2v) is 6.81. The van der Waals surface area contributed by atoms with Gasteiger partial charge >= 0.3 is 0 Å². The molecule has 1 aromatic carbocycles. The lowest BCUT2D eigenvalue weighted by molar-refractivity contribution is 0.496. The van der Waals surface area contributed by atoms with Crippen molar-refractivity contribution in [2.75, 3.05) is 0 Å². The van der Waals surface area contributed by atoms with Gasteiger partial charge in [-0.3, -0.25) is 4.98 Å². The minimum atomic E-state index is 0.459. The smallest absolute Gasteiger partial charge is 0.245 e. The van der Waals surface area contributed by atoms with Crippen molar-refractivity contribution in [2.24, 2.45) is 0 Å². The SMILES string of the molecule is Cc1ccc(C2CCc3nc(-c4ccccn4)oc3CC2)c(Cl)c1. The highest BCUT2D eigenvalue weighted by molar-refractivity contribution is 6.31. The average Bonchev–Trinajstić information content (AvgIpc) is 2.90. The van der Waals surface area contributed by atoms with E-state index < -0.39 is 0 Å². The van der Waals surface area contributed by atoms with Gasteiger partial charge in [-0.1, -0.05) is 29.8 Å². The normalized spacial score (nSPS) is 17.3. The zero-order valence-electron chi connectivity index (χ0n) is 13.6. The van der Waals surface area contributed by atoms with Crippen LogP contribution in [0.2, 0.25) is 5.02 Å². The maximum absolute atomic E-state index is 6.46. The number of hydrogen-bond donors (Lipinski definition) is 0. The van der Waals surface area contributed by atoms with E-state index in [1.165, 1.54) is 11.1 Å². The summed E-state index contributed by atoms with van der Waals surface area (Å²) in [5.74, 6) is 2.09. The highest BCUT2D eigenvalue weighted by atomic mass is 35.5. The standard InChI is InChI=1S/C20H19ClN2O/c1-13-5-8-15(16(21)12-13)14-6-9-17-19(10-7-14)24-20(23-17)18-4-2-3-11-22-18/h2-5,8,11-12,14H,6-7,9-10H2,1H3. The number of oxazole rings is 1. The lowest BCUT2D eigenvalue weighted by atomic mass is 9.91. The molecule has 0 spiro atoms. The summed E-state index contributed by atoms with van der Waals surface area (Å²) >= 11 is 6.46. The first-order valence-electron chi connectivity index (χ1n) is 8.37. The fraction of sp³-hybridized carbons (Fsp3) is 0.300. The first kappa shape index (κ1) is 15.4. The number of benzene rings is 1. The van der Waals surface area contributed by atoms with E-state index >= 15 is 0 Å². The maximum Gasteiger partial charge on any atom is 0.245 e. The van der Waals surface area contributed by atoms with E-state index in [2.05, 4.69) is 35.1 Å². The minimum Gasteiger partial charge on any atom is -0.440 e. The number of aromatic nitrogens is 2. The van der Waals surface area contributed by atoms with Gasteiger partial charge in [-0.2, -0.15) is 0 Å². The summed E-state index contributed by atoms with van der Waals surface area (Å²) in [6, 6.07) is 12.1. The molecule has 0 aliphatic heterocycles. The van der Waals surface area contributed by atoms with Gasteiger partial charge in [-0.15, -0.1) is 0 Å². The zero-order valence-corrected chi connectivity index (χ0v) is 14.4. The fourth-order valence-corrected chi connectivity index (χ4v) is 3.80. The number of rotatable bonds is 2. The second-order valence-electron chi connectivity index (χ2n) is 6.40. The van der Waals surface area contributed by atoms with Gasteiger partial charge in [-0.25, -0.2) is 4.98 Å². The molecule has 0 saturated carbocycles. The van der Waals surface area contributed by atoms with E-state index in [1.54, 1.807) is 6.20 Å². The van der Waals surface area contributed by atoms with E-state index in [0.717, 1.165) is 47.9 Å². The molecule has 0 saturated heterocycles. The highest BCUT2D eigenvalue weighted by Gasteiger charge is 2.24. The van der Waals surface area contributed by atoms with Crippen molar-refractivity contribution in [3.8, 4) is 11.6 Å². The van der Waals surface area contributed by atoms with Crippen LogP contribution in [0.15, 0.2) is 47.0 Å². The van der Waals surface area contributed by atoms with Crippen LogP contribution in [-0.2, 0) is 12.8 Å². The summed E-state index contributed by atoms with van der Waals surface area (Å²) in [7, 11) is 0. The van der Waals surface area contributed by atoms with Crippen molar-refractivity contribution >= 4 is 11.6 Å². The predicted octanol–water partition coefficient (Wildman–Crippen LogP) is 5.36. The van der Waals surface area contributed by atoms with E-state index in [0.29, 0.717) is 11.8 Å². The summed E-state index contributed by atoms with van der Waals surface area (Å²) in [6.45, 7) is 2.07. The van der Waals surface area contributed by atoms with Gasteiger partial charge < -0.3 is 4.42 Å². The third kappa shape index (κ3) is 2.96. The first-order chi connectivity index (χ1) is 11.7. The van der Waals surface area contributed by atoms with Gasteiger partial charge in [0.25, 0.3) is 0 Å². The molecule has 1 aliphatic carbocycles. The summed E-state index contributed by atoms with van der Waals surface area (Å²) in [6.07, 6.45) is 5.65. The molecule has 3 nitrogen and oxygen atoms in total. The summed E-state index contributed by atoms with van der Waals surface area (Å²) in [5, 5.41) is 0.876. The molecule has 3 aromatic rings. The molecule has 0 N–H and O–H groups in total. The third-order valence-electron chi connectivity index (χ3n) is 4.71. The predicted molar refractivity (Wildman–Crippen MR) is 95.3 cm³/mol. The zero-order chi connectivity index (χ0) is 16.5. The topological polar surface area (TPSA) is 38.9 Å². The van der Waals surface area contributed by atoms with Crippen molar-refractivity contribution in [1.82, 2.24) is 9.97 Å². The monoisotopic (exact) mass is 338 g/mol. The van der Waals surface area contributed by atoms with Crippen LogP contribution in [0.5, 0.6) is 0 Å².